The third kappa shape index (κ3) is 7.22. The standard InChI is InChI=1S/C21H22F3N5O5.C4H4O4/c1-3-4-15-18(17-13(23)7-12(22)8-14(17)24)26(5-6-28(15)20(30)31)10-21(2)11-27-9-16(29(32)33)25-19(27)34-21;5-3(6)1-2-4(7)8/h3-4,7-9,15,18H,5-6,10-11H2,1-2H3,(H,30,31);1-2H,(H,5,6)(H,7,8)/t15-,18?,21?;/m0./s1. The summed E-state index contributed by atoms with van der Waals surface area (Å²) in [4.78, 5) is 47.9. The monoisotopic (exact) mass is 597 g/mol. The molecule has 1 amide bonds. The summed E-state index contributed by atoms with van der Waals surface area (Å²) in [7, 11) is 0. The Hall–Kier alpha value is -4.93. The normalized spacial score (nSPS) is 22.0. The number of amides is 1. The van der Waals surface area contributed by atoms with Crippen LogP contribution in [0.15, 0.2) is 42.6 Å². The number of fused-ring (bicyclic) bond motifs is 1. The molecule has 0 aliphatic carbocycles. The number of rotatable bonds is 7. The first-order valence-electron chi connectivity index (χ1n) is 12.2. The smallest absolute Gasteiger partial charge is 0.415 e. The Morgan fingerprint density at radius 2 is 1.74 bits per heavy atom. The fourth-order valence-electron chi connectivity index (χ4n) is 4.84. The summed E-state index contributed by atoms with van der Waals surface area (Å²) in [6, 6.07) is -0.922. The van der Waals surface area contributed by atoms with Gasteiger partial charge in [-0.3, -0.25) is 14.4 Å². The van der Waals surface area contributed by atoms with E-state index in [0.717, 1.165) is 4.90 Å². The van der Waals surface area contributed by atoms with E-state index in [1.54, 1.807) is 24.8 Å². The lowest BCUT2D eigenvalue weighted by Crippen LogP contribution is -2.59. The minimum absolute atomic E-state index is 0.0408. The number of hydrogen-bond acceptors (Lipinski definition) is 8. The molecule has 0 spiro atoms. The van der Waals surface area contributed by atoms with Crippen molar-refractivity contribution in [2.24, 2.45) is 0 Å². The summed E-state index contributed by atoms with van der Waals surface area (Å²) in [6.07, 6.45) is 4.21. The van der Waals surface area contributed by atoms with Crippen molar-refractivity contribution >= 4 is 23.8 Å². The lowest BCUT2D eigenvalue weighted by atomic mass is 9.91. The number of carboxylic acids is 2. The molecule has 1 saturated heterocycles. The summed E-state index contributed by atoms with van der Waals surface area (Å²) >= 11 is 0. The van der Waals surface area contributed by atoms with Crippen molar-refractivity contribution in [2.45, 2.75) is 38.1 Å². The Balaban J connectivity index is 0.000000531. The zero-order valence-electron chi connectivity index (χ0n) is 22.2. The average molecular weight is 598 g/mol. The number of carbonyl (C=O) groups is 3. The van der Waals surface area contributed by atoms with Crippen molar-refractivity contribution in [3.63, 3.8) is 0 Å². The van der Waals surface area contributed by atoms with E-state index < -0.39 is 63.7 Å². The second-order valence-corrected chi connectivity index (χ2v) is 9.52. The first-order valence-corrected chi connectivity index (χ1v) is 12.2. The number of carboxylic acid groups (broad SMARTS) is 3. The quantitative estimate of drug-likeness (QED) is 0.184. The number of allylic oxidation sites excluding steroid dienone is 1. The van der Waals surface area contributed by atoms with Crippen molar-refractivity contribution in [1.29, 1.82) is 0 Å². The van der Waals surface area contributed by atoms with Gasteiger partial charge in [-0.1, -0.05) is 12.2 Å². The molecule has 3 N–H and O–H groups in total. The number of piperazine rings is 1. The van der Waals surface area contributed by atoms with Crippen LogP contribution in [0.3, 0.4) is 0 Å². The van der Waals surface area contributed by atoms with Gasteiger partial charge < -0.3 is 30.2 Å². The van der Waals surface area contributed by atoms with Gasteiger partial charge in [0, 0.05) is 54.5 Å². The molecular weight excluding hydrogens is 571 g/mol. The van der Waals surface area contributed by atoms with Gasteiger partial charge in [-0.15, -0.1) is 0 Å². The summed E-state index contributed by atoms with van der Waals surface area (Å²) in [6.45, 7) is 3.81. The highest BCUT2D eigenvalue weighted by Crippen LogP contribution is 2.39. The summed E-state index contributed by atoms with van der Waals surface area (Å²) < 4.78 is 50.8. The van der Waals surface area contributed by atoms with Gasteiger partial charge in [-0.25, -0.2) is 27.6 Å². The molecule has 14 nitrogen and oxygen atoms in total. The first-order chi connectivity index (χ1) is 19.7. The van der Waals surface area contributed by atoms with Crippen molar-refractivity contribution in [3.8, 4) is 6.01 Å². The minimum atomic E-state index is -1.26. The molecule has 1 aromatic carbocycles. The molecule has 42 heavy (non-hydrogen) atoms. The van der Waals surface area contributed by atoms with Crippen LogP contribution >= 0.6 is 0 Å². The van der Waals surface area contributed by atoms with Gasteiger partial charge >= 0.3 is 29.9 Å². The third-order valence-electron chi connectivity index (χ3n) is 6.34. The molecular formula is C25H26F3N5O9. The fraction of sp³-hybridized carbons (Fsp3) is 0.360. The van der Waals surface area contributed by atoms with Gasteiger partial charge in [0.2, 0.25) is 0 Å². The van der Waals surface area contributed by atoms with Crippen LogP contribution in [-0.2, 0) is 16.1 Å². The molecule has 4 rings (SSSR count). The van der Waals surface area contributed by atoms with E-state index in [9.17, 15) is 42.8 Å². The van der Waals surface area contributed by atoms with Crippen molar-refractivity contribution in [3.05, 3.63) is 75.8 Å². The van der Waals surface area contributed by atoms with E-state index in [1.165, 1.54) is 16.8 Å². The van der Waals surface area contributed by atoms with Crippen LogP contribution in [0.25, 0.3) is 0 Å². The number of nitro groups is 1. The SMILES string of the molecule is CC=C[C@H]1C(c2c(F)cc(F)cc2F)N(CC2(C)Cn3cc([N+](=O)[O-])nc3O2)CCN1C(=O)O.O=C(O)C=CC(=O)O. The van der Waals surface area contributed by atoms with Crippen LogP contribution in [0.4, 0.5) is 23.8 Å². The molecule has 0 bridgehead atoms. The van der Waals surface area contributed by atoms with Crippen molar-refractivity contribution in [1.82, 2.24) is 19.4 Å². The molecule has 226 valence electrons. The number of benzene rings is 1. The second kappa shape index (κ2) is 12.7. The lowest BCUT2D eigenvalue weighted by molar-refractivity contribution is -0.389. The molecule has 2 aliphatic rings. The highest BCUT2D eigenvalue weighted by atomic mass is 19.1. The number of halogens is 3. The Morgan fingerprint density at radius 1 is 1.14 bits per heavy atom. The van der Waals surface area contributed by atoms with Crippen LogP contribution < -0.4 is 4.74 Å². The maximum atomic E-state index is 14.9. The van der Waals surface area contributed by atoms with Crippen LogP contribution in [0.2, 0.25) is 0 Å². The topological polar surface area (TPSA) is 189 Å². The van der Waals surface area contributed by atoms with E-state index in [0.29, 0.717) is 24.3 Å². The van der Waals surface area contributed by atoms with Crippen molar-refractivity contribution in [2.75, 3.05) is 19.6 Å². The predicted molar refractivity (Wildman–Crippen MR) is 136 cm³/mol. The lowest BCUT2D eigenvalue weighted by Gasteiger charge is -2.47. The van der Waals surface area contributed by atoms with Gasteiger partial charge in [-0.2, -0.15) is 0 Å². The van der Waals surface area contributed by atoms with Crippen LogP contribution in [0.5, 0.6) is 6.01 Å². The predicted octanol–water partition coefficient (Wildman–Crippen LogP) is 3.05. The molecule has 2 aliphatic heterocycles. The average Bonchev–Trinajstić information content (AvgIpc) is 3.39. The number of aliphatic carboxylic acids is 2. The van der Waals surface area contributed by atoms with E-state index >= 15 is 0 Å². The maximum absolute atomic E-state index is 14.9. The largest absolute Gasteiger partial charge is 0.478 e. The number of hydrogen-bond donors (Lipinski definition) is 3. The zero-order valence-corrected chi connectivity index (χ0v) is 22.2. The third-order valence-corrected chi connectivity index (χ3v) is 6.34. The molecule has 2 aromatic rings. The van der Waals surface area contributed by atoms with Gasteiger partial charge in [0.05, 0.1) is 18.6 Å². The van der Waals surface area contributed by atoms with E-state index in [1.807, 2.05) is 0 Å². The van der Waals surface area contributed by atoms with Crippen LogP contribution in [0, 0.1) is 27.6 Å². The number of ether oxygens (including phenoxy) is 1. The van der Waals surface area contributed by atoms with Gasteiger partial charge in [-0.05, 0) is 18.8 Å². The zero-order chi connectivity index (χ0) is 31.4. The number of aromatic nitrogens is 2. The highest BCUT2D eigenvalue weighted by molar-refractivity contribution is 5.89. The summed E-state index contributed by atoms with van der Waals surface area (Å²) in [5.74, 6) is -6.23. The summed E-state index contributed by atoms with van der Waals surface area (Å²) in [5.41, 5.74) is -1.43. The first kappa shape index (κ1) is 31.6. The second-order valence-electron chi connectivity index (χ2n) is 9.52. The molecule has 17 heteroatoms. The van der Waals surface area contributed by atoms with Gasteiger partial charge in [0.1, 0.15) is 29.2 Å². The minimum Gasteiger partial charge on any atom is -0.478 e. The Bertz CT molecular complexity index is 1380. The Labute approximate surface area is 235 Å². The van der Waals surface area contributed by atoms with E-state index in [-0.39, 0.29) is 38.0 Å². The Morgan fingerprint density at radius 3 is 2.21 bits per heavy atom. The fourth-order valence-corrected chi connectivity index (χ4v) is 4.84. The summed E-state index contributed by atoms with van der Waals surface area (Å²) in [5, 5.41) is 36.3. The molecule has 3 heterocycles. The number of nitrogens with zero attached hydrogens (tertiary/aromatic N) is 5. The van der Waals surface area contributed by atoms with E-state index in [4.69, 9.17) is 14.9 Å². The van der Waals surface area contributed by atoms with E-state index in [2.05, 4.69) is 4.98 Å². The van der Waals surface area contributed by atoms with Gasteiger partial charge in [0.25, 0.3) is 0 Å². The van der Waals surface area contributed by atoms with Gasteiger partial charge in [0.15, 0.2) is 0 Å². The Kier molecular flexibility index (Phi) is 9.56. The maximum Gasteiger partial charge on any atom is 0.415 e. The molecule has 1 fully saturated rings. The van der Waals surface area contributed by atoms with Crippen LogP contribution in [0.1, 0.15) is 25.5 Å². The molecule has 1 aromatic heterocycles. The van der Waals surface area contributed by atoms with Crippen molar-refractivity contribution < 1.29 is 52.5 Å². The molecule has 0 saturated carbocycles. The highest BCUT2D eigenvalue weighted by Gasteiger charge is 2.47. The molecule has 2 unspecified atom stereocenters. The molecule has 3 atom stereocenters. The van der Waals surface area contributed by atoms with Crippen LogP contribution in [-0.4, -0.2) is 88.9 Å². The number of imidazole rings is 1. The molecule has 0 radical (unpaired) electrons.